The number of nitrogens with one attached hydrogen (secondary N) is 1. The summed E-state index contributed by atoms with van der Waals surface area (Å²) < 4.78 is 37.9. The normalized spacial score (nSPS) is 24.4. The number of aromatic nitrogens is 2. The van der Waals surface area contributed by atoms with Crippen molar-refractivity contribution in [3.8, 4) is 5.75 Å². The molecule has 1 unspecified atom stereocenters. The number of unbranched alkanes of at least 4 members (excludes halogenated alkanes) is 1. The maximum atomic E-state index is 14.2. The summed E-state index contributed by atoms with van der Waals surface area (Å²) in [6.45, 7) is 9.87. The summed E-state index contributed by atoms with van der Waals surface area (Å²) in [5.41, 5.74) is 4.08. The van der Waals surface area contributed by atoms with Crippen LogP contribution in [0.2, 0.25) is 5.02 Å². The molecule has 15 heteroatoms. The number of carbonyl (C=O) groups is 1. The number of aliphatic hydroxyl groups is 2. The van der Waals surface area contributed by atoms with E-state index in [1.54, 1.807) is 19.1 Å². The third kappa shape index (κ3) is 7.90. The van der Waals surface area contributed by atoms with Crippen molar-refractivity contribution in [3.05, 3.63) is 51.0 Å². The van der Waals surface area contributed by atoms with Crippen molar-refractivity contribution in [2.24, 2.45) is 0 Å². The minimum atomic E-state index is -4.38. The zero-order chi connectivity index (χ0) is 31.4. The number of anilines is 1. The van der Waals surface area contributed by atoms with Crippen molar-refractivity contribution < 1.29 is 38.1 Å². The lowest BCUT2D eigenvalue weighted by atomic mass is 9.96. The summed E-state index contributed by atoms with van der Waals surface area (Å²) >= 11 is 6.33. The number of hydrogen-bond donors (Lipinski definition) is 4. The van der Waals surface area contributed by atoms with Crippen LogP contribution < -0.4 is 21.0 Å². The highest BCUT2D eigenvalue weighted by atomic mass is 35.5. The summed E-state index contributed by atoms with van der Waals surface area (Å²) in [6.07, 6.45) is -1.46. The van der Waals surface area contributed by atoms with E-state index >= 15 is 0 Å². The molecule has 13 nitrogen and oxygen atoms in total. The fourth-order valence-corrected chi connectivity index (χ4v) is 6.00. The van der Waals surface area contributed by atoms with Gasteiger partial charge in [0.1, 0.15) is 35.4 Å². The molecule has 2 aromatic rings. The monoisotopic (exact) mass is 630 g/mol. The van der Waals surface area contributed by atoms with E-state index in [1.165, 1.54) is 26.1 Å². The van der Waals surface area contributed by atoms with Crippen molar-refractivity contribution in [3.63, 3.8) is 0 Å². The predicted octanol–water partition coefficient (Wildman–Crippen LogP) is 3.45. The quantitative estimate of drug-likeness (QED) is 0.144. The van der Waals surface area contributed by atoms with Crippen LogP contribution in [-0.4, -0.2) is 62.8 Å². The van der Waals surface area contributed by atoms with Gasteiger partial charge in [0.15, 0.2) is 6.23 Å². The van der Waals surface area contributed by atoms with Gasteiger partial charge in [-0.25, -0.2) is 9.36 Å². The summed E-state index contributed by atoms with van der Waals surface area (Å²) in [4.78, 5) is 28.6. The van der Waals surface area contributed by atoms with E-state index in [9.17, 15) is 24.4 Å². The van der Waals surface area contributed by atoms with Crippen LogP contribution in [0.15, 0.2) is 29.2 Å². The molecule has 0 saturated carbocycles. The third-order valence-corrected chi connectivity index (χ3v) is 8.88. The molecule has 1 aromatic heterocycles. The average molecular weight is 631 g/mol. The maximum Gasteiger partial charge on any atom is 0.459 e. The molecule has 5 N–H and O–H groups in total. The van der Waals surface area contributed by atoms with Gasteiger partial charge >= 0.3 is 19.4 Å². The van der Waals surface area contributed by atoms with Crippen molar-refractivity contribution >= 4 is 31.1 Å². The Kier molecular flexibility index (Phi) is 11.2. The number of rotatable bonds is 13. The molecule has 0 spiro atoms. The molecule has 0 aliphatic carbocycles. The highest BCUT2D eigenvalue weighted by Crippen LogP contribution is 2.49. The first-order chi connectivity index (χ1) is 19.6. The summed E-state index contributed by atoms with van der Waals surface area (Å²) in [5, 5.41) is 25.0. The molecule has 0 amide bonds. The smallest absolute Gasteiger partial charge is 0.459 e. The highest BCUT2D eigenvalue weighted by molar-refractivity contribution is 7.52. The molecule has 1 aromatic carbocycles. The Morgan fingerprint density at radius 3 is 2.67 bits per heavy atom. The molecule has 3 rings (SSSR count). The first-order valence-electron chi connectivity index (χ1n) is 13.7. The Bertz CT molecular complexity index is 1370. The lowest BCUT2D eigenvalue weighted by molar-refractivity contribution is -0.145. The molecule has 1 saturated heterocycles. The minimum absolute atomic E-state index is 0.0287. The van der Waals surface area contributed by atoms with Crippen LogP contribution in [0.4, 0.5) is 5.82 Å². The zero-order valence-corrected chi connectivity index (χ0v) is 26.2. The molecule has 42 heavy (non-hydrogen) atoms. The van der Waals surface area contributed by atoms with E-state index in [-0.39, 0.29) is 24.1 Å². The summed E-state index contributed by atoms with van der Waals surface area (Å²) in [6, 6.07) is 3.55. The van der Waals surface area contributed by atoms with Crippen LogP contribution in [0.3, 0.4) is 0 Å². The van der Waals surface area contributed by atoms with Gasteiger partial charge in [-0.05, 0) is 62.4 Å². The fourth-order valence-electron chi connectivity index (χ4n) is 4.31. The van der Waals surface area contributed by atoms with E-state index in [4.69, 9.17) is 35.9 Å². The molecule has 6 atom stereocenters. The number of aryl methyl sites for hydroxylation is 1. The number of esters is 1. The number of benzene rings is 1. The first-order valence-corrected chi connectivity index (χ1v) is 15.6. The lowest BCUT2D eigenvalue weighted by Crippen LogP contribution is -2.46. The van der Waals surface area contributed by atoms with Crippen LogP contribution in [0.5, 0.6) is 5.75 Å². The van der Waals surface area contributed by atoms with Gasteiger partial charge in [-0.15, -0.1) is 0 Å². The van der Waals surface area contributed by atoms with E-state index in [1.807, 2.05) is 20.8 Å². The largest absolute Gasteiger partial charge is 0.465 e. The van der Waals surface area contributed by atoms with E-state index < -0.39 is 56.1 Å². The molecule has 1 fully saturated rings. The molecule has 2 heterocycles. The molecule has 1 aliphatic heterocycles. The Morgan fingerprint density at radius 1 is 1.36 bits per heavy atom. The Labute approximate surface area is 249 Å². The molecule has 0 radical (unpaired) electrons. The highest BCUT2D eigenvalue weighted by Gasteiger charge is 2.54. The number of nitrogens with zero attached hydrogens (tertiary/aromatic N) is 2. The molecular weight excluding hydrogens is 591 g/mol. The van der Waals surface area contributed by atoms with Crippen molar-refractivity contribution in [2.45, 2.75) is 90.4 Å². The summed E-state index contributed by atoms with van der Waals surface area (Å²) in [5.74, 6) is -0.557. The Hall–Kier alpha value is -2.51. The van der Waals surface area contributed by atoms with Gasteiger partial charge in [0.2, 0.25) is 0 Å². The number of nitrogen functional groups attached to an aromatic ring is 1. The van der Waals surface area contributed by atoms with Gasteiger partial charge in [-0.3, -0.25) is 13.9 Å². The average Bonchev–Trinajstić information content (AvgIpc) is 3.12. The Morgan fingerprint density at radius 2 is 2.05 bits per heavy atom. The SMILES string of the molecule is CCCCOC(=O)[C@H](C)NP(=O)(OC[C@H]1O[C@@H](n2ccc(N)nc2=O)[C@](C)(O)[C@@H]1O)Oc1cc(C)c(Cl)cc1C(C)C. The van der Waals surface area contributed by atoms with Gasteiger partial charge in [0, 0.05) is 11.2 Å². The van der Waals surface area contributed by atoms with Crippen LogP contribution in [0.25, 0.3) is 0 Å². The predicted molar refractivity (Wildman–Crippen MR) is 156 cm³/mol. The lowest BCUT2D eigenvalue weighted by Gasteiger charge is -2.27. The van der Waals surface area contributed by atoms with Gasteiger partial charge < -0.3 is 29.9 Å². The van der Waals surface area contributed by atoms with E-state index in [0.29, 0.717) is 22.6 Å². The number of ether oxygens (including phenoxy) is 2. The van der Waals surface area contributed by atoms with Gasteiger partial charge in [-0.2, -0.15) is 10.1 Å². The van der Waals surface area contributed by atoms with Crippen LogP contribution in [0.1, 0.15) is 70.7 Å². The summed E-state index contributed by atoms with van der Waals surface area (Å²) in [7, 11) is -4.38. The van der Waals surface area contributed by atoms with E-state index in [0.717, 1.165) is 11.0 Å². The molecule has 1 aliphatic rings. The van der Waals surface area contributed by atoms with Crippen LogP contribution in [-0.2, 0) is 23.4 Å². The van der Waals surface area contributed by atoms with Gasteiger partial charge in [-0.1, -0.05) is 38.8 Å². The second-order valence-corrected chi connectivity index (χ2v) is 12.9. The Balaban J connectivity index is 1.89. The van der Waals surface area contributed by atoms with Crippen molar-refractivity contribution in [1.29, 1.82) is 0 Å². The fraction of sp³-hybridized carbons (Fsp3) is 0.593. The molecule has 0 bridgehead atoms. The van der Waals surface area contributed by atoms with Gasteiger partial charge in [0.05, 0.1) is 13.2 Å². The van der Waals surface area contributed by atoms with Crippen molar-refractivity contribution in [1.82, 2.24) is 14.6 Å². The van der Waals surface area contributed by atoms with Gasteiger partial charge in [0.25, 0.3) is 0 Å². The number of halogens is 1. The standard InChI is InChI=1S/C27H40ClN4O9P/c1-7-8-11-38-24(34)17(5)31-42(37,41-20-12-16(4)19(28)13-18(20)15(2)3)39-14-21-23(33)27(6,36)25(40-21)32-10-9-22(29)30-26(32)35/h9-10,12-13,15,17,21,23,25,33,36H,7-8,11,14H2,1-6H3,(H,31,37)(H2,29,30,35)/t17-,21+,23+,25+,27+,42?/m0/s1. The number of nitrogens with two attached hydrogens (primary N) is 1. The zero-order valence-electron chi connectivity index (χ0n) is 24.6. The number of hydrogen-bond acceptors (Lipinski definition) is 11. The number of carbonyl (C=O) groups excluding carboxylic acids is 1. The third-order valence-electron chi connectivity index (χ3n) is 6.85. The van der Waals surface area contributed by atoms with Crippen molar-refractivity contribution in [2.75, 3.05) is 18.9 Å². The molecule has 234 valence electrons. The number of aliphatic hydroxyl groups excluding tert-OH is 1. The topological polar surface area (TPSA) is 184 Å². The van der Waals surface area contributed by atoms with Crippen LogP contribution in [0, 0.1) is 6.92 Å². The first kappa shape index (κ1) is 34.0. The van der Waals surface area contributed by atoms with E-state index in [2.05, 4.69) is 10.1 Å². The molecular formula is C27H40ClN4O9P. The second-order valence-electron chi connectivity index (χ2n) is 10.8. The minimum Gasteiger partial charge on any atom is -0.465 e. The second kappa shape index (κ2) is 13.9. The maximum absolute atomic E-state index is 14.2. The van der Waals surface area contributed by atoms with Crippen LogP contribution >= 0.6 is 19.3 Å².